The number of hydrogen-bond donors (Lipinski definition) is 1. The second-order valence-corrected chi connectivity index (χ2v) is 5.05. The third kappa shape index (κ3) is 5.71. The molecule has 0 aromatic heterocycles. The van der Waals surface area contributed by atoms with Gasteiger partial charge in [-0.3, -0.25) is 4.79 Å². The van der Waals surface area contributed by atoms with Gasteiger partial charge in [-0.25, -0.2) is 0 Å². The zero-order valence-corrected chi connectivity index (χ0v) is 11.3. The van der Waals surface area contributed by atoms with Crippen molar-refractivity contribution in [2.24, 2.45) is 5.92 Å². The molecule has 1 N–H and O–H groups in total. The first-order chi connectivity index (χ1) is 8.47. The van der Waals surface area contributed by atoms with Gasteiger partial charge in [-0.2, -0.15) is 0 Å². The number of carboxylic acids is 1. The Hall–Kier alpha value is -1.51. The van der Waals surface area contributed by atoms with Crippen LogP contribution in [0.2, 0.25) is 0 Å². The number of carboxylic acid groups (broad SMARTS) is 1. The van der Waals surface area contributed by atoms with Crippen molar-refractivity contribution in [2.75, 3.05) is 0 Å². The molecule has 0 amide bonds. The van der Waals surface area contributed by atoms with Gasteiger partial charge in [0.1, 0.15) is 5.75 Å². The van der Waals surface area contributed by atoms with Crippen molar-refractivity contribution in [3.63, 3.8) is 0 Å². The average molecular weight is 250 g/mol. The van der Waals surface area contributed by atoms with Gasteiger partial charge < -0.3 is 9.84 Å². The third-order valence-corrected chi connectivity index (χ3v) is 2.74. The Labute approximate surface area is 109 Å². The minimum atomic E-state index is -0.719. The van der Waals surface area contributed by atoms with Gasteiger partial charge >= 0.3 is 5.97 Å². The van der Waals surface area contributed by atoms with Gasteiger partial charge in [0.2, 0.25) is 0 Å². The van der Waals surface area contributed by atoms with E-state index in [1.807, 2.05) is 45.0 Å². The summed E-state index contributed by atoms with van der Waals surface area (Å²) in [6.07, 6.45) is 2.24. The van der Waals surface area contributed by atoms with E-state index in [0.717, 1.165) is 18.6 Å². The van der Waals surface area contributed by atoms with Crippen molar-refractivity contribution in [1.29, 1.82) is 0 Å². The first-order valence-corrected chi connectivity index (χ1v) is 6.44. The lowest BCUT2D eigenvalue weighted by Crippen LogP contribution is -2.06. The third-order valence-electron chi connectivity index (χ3n) is 2.74. The number of hydrogen-bond acceptors (Lipinski definition) is 2. The van der Waals surface area contributed by atoms with Crippen LogP contribution in [0, 0.1) is 5.92 Å². The van der Waals surface area contributed by atoms with Crippen LogP contribution in [0.25, 0.3) is 0 Å². The van der Waals surface area contributed by atoms with Crippen LogP contribution in [-0.2, 0) is 11.2 Å². The van der Waals surface area contributed by atoms with Crippen molar-refractivity contribution in [3.05, 3.63) is 29.8 Å². The standard InChI is InChI=1S/C15H22O3/c1-11(2)18-14-8-6-13(7-9-14)5-4-12(3)10-15(16)17/h6-9,11-12H,4-5,10H2,1-3H3,(H,16,17). The van der Waals surface area contributed by atoms with Crippen LogP contribution in [0.5, 0.6) is 5.75 Å². The predicted molar refractivity (Wildman–Crippen MR) is 71.9 cm³/mol. The monoisotopic (exact) mass is 250 g/mol. The van der Waals surface area contributed by atoms with Crippen molar-refractivity contribution >= 4 is 5.97 Å². The van der Waals surface area contributed by atoms with Crippen LogP contribution in [0.15, 0.2) is 24.3 Å². The van der Waals surface area contributed by atoms with Crippen LogP contribution in [0.3, 0.4) is 0 Å². The van der Waals surface area contributed by atoms with Gasteiger partial charge in [0.25, 0.3) is 0 Å². The Balaban J connectivity index is 2.41. The van der Waals surface area contributed by atoms with E-state index in [9.17, 15) is 4.79 Å². The molecule has 1 aromatic carbocycles. The zero-order chi connectivity index (χ0) is 13.5. The van der Waals surface area contributed by atoms with E-state index in [4.69, 9.17) is 9.84 Å². The Morgan fingerprint density at radius 3 is 2.33 bits per heavy atom. The molecule has 1 unspecified atom stereocenters. The second kappa shape index (κ2) is 7.04. The number of aliphatic carboxylic acids is 1. The van der Waals surface area contributed by atoms with Crippen LogP contribution in [-0.4, -0.2) is 17.2 Å². The molecule has 0 aliphatic carbocycles. The first kappa shape index (κ1) is 14.6. The average Bonchev–Trinajstić information content (AvgIpc) is 2.26. The van der Waals surface area contributed by atoms with Crippen LogP contribution in [0.4, 0.5) is 0 Å². The lowest BCUT2D eigenvalue weighted by atomic mass is 9.98. The Bertz CT molecular complexity index is 368. The van der Waals surface area contributed by atoms with E-state index < -0.39 is 5.97 Å². The molecule has 0 fully saturated rings. The van der Waals surface area contributed by atoms with E-state index in [-0.39, 0.29) is 18.4 Å². The molecular formula is C15H22O3. The molecule has 0 spiro atoms. The second-order valence-electron chi connectivity index (χ2n) is 5.05. The fraction of sp³-hybridized carbons (Fsp3) is 0.533. The van der Waals surface area contributed by atoms with Crippen molar-refractivity contribution in [2.45, 2.75) is 46.1 Å². The minimum Gasteiger partial charge on any atom is -0.491 e. The summed E-state index contributed by atoms with van der Waals surface area (Å²) in [6.45, 7) is 5.98. The highest BCUT2D eigenvalue weighted by Gasteiger charge is 2.07. The van der Waals surface area contributed by atoms with E-state index in [2.05, 4.69) is 0 Å². The van der Waals surface area contributed by atoms with E-state index in [1.165, 1.54) is 5.56 Å². The summed E-state index contributed by atoms with van der Waals surface area (Å²) in [5.41, 5.74) is 1.23. The number of aryl methyl sites for hydroxylation is 1. The highest BCUT2D eigenvalue weighted by atomic mass is 16.5. The topological polar surface area (TPSA) is 46.5 Å². The summed E-state index contributed by atoms with van der Waals surface area (Å²) in [5, 5.41) is 8.68. The number of ether oxygens (including phenoxy) is 1. The fourth-order valence-electron chi connectivity index (χ4n) is 1.82. The molecular weight excluding hydrogens is 228 g/mol. The van der Waals surface area contributed by atoms with Crippen molar-refractivity contribution in [3.8, 4) is 5.75 Å². The lowest BCUT2D eigenvalue weighted by molar-refractivity contribution is -0.138. The van der Waals surface area contributed by atoms with Crippen molar-refractivity contribution < 1.29 is 14.6 Å². The summed E-state index contributed by atoms with van der Waals surface area (Å²) in [6, 6.07) is 8.03. The molecule has 3 nitrogen and oxygen atoms in total. The normalized spacial score (nSPS) is 12.4. The van der Waals surface area contributed by atoms with Gasteiger partial charge in [0.05, 0.1) is 6.10 Å². The quantitative estimate of drug-likeness (QED) is 0.805. The Morgan fingerprint density at radius 1 is 1.22 bits per heavy atom. The number of carbonyl (C=O) groups is 1. The van der Waals surface area contributed by atoms with Gasteiger partial charge in [-0.05, 0) is 50.3 Å². The van der Waals surface area contributed by atoms with Gasteiger partial charge in [0.15, 0.2) is 0 Å². The van der Waals surface area contributed by atoms with Crippen LogP contribution < -0.4 is 4.74 Å². The predicted octanol–water partition coefficient (Wildman–Crippen LogP) is 3.52. The molecule has 1 atom stereocenters. The van der Waals surface area contributed by atoms with E-state index in [0.29, 0.717) is 0 Å². The molecule has 0 heterocycles. The molecule has 3 heteroatoms. The SMILES string of the molecule is CC(CCc1ccc(OC(C)C)cc1)CC(=O)O. The molecule has 0 aliphatic heterocycles. The fourth-order valence-corrected chi connectivity index (χ4v) is 1.82. The molecule has 0 saturated carbocycles. The summed E-state index contributed by atoms with van der Waals surface area (Å²) >= 11 is 0. The molecule has 0 aliphatic rings. The number of benzene rings is 1. The smallest absolute Gasteiger partial charge is 0.303 e. The Kier molecular flexibility index (Phi) is 5.69. The van der Waals surface area contributed by atoms with Crippen molar-refractivity contribution in [1.82, 2.24) is 0 Å². The van der Waals surface area contributed by atoms with Gasteiger partial charge in [-0.15, -0.1) is 0 Å². The summed E-state index contributed by atoms with van der Waals surface area (Å²) < 4.78 is 5.57. The first-order valence-electron chi connectivity index (χ1n) is 6.44. The molecule has 100 valence electrons. The Morgan fingerprint density at radius 2 is 1.83 bits per heavy atom. The highest BCUT2D eigenvalue weighted by Crippen LogP contribution is 2.17. The maximum atomic E-state index is 10.6. The molecule has 0 saturated heterocycles. The van der Waals surface area contributed by atoms with Crippen LogP contribution in [0.1, 0.15) is 39.2 Å². The maximum Gasteiger partial charge on any atom is 0.303 e. The van der Waals surface area contributed by atoms with Gasteiger partial charge in [0, 0.05) is 6.42 Å². The minimum absolute atomic E-state index is 0.187. The molecule has 18 heavy (non-hydrogen) atoms. The number of rotatable bonds is 7. The largest absolute Gasteiger partial charge is 0.491 e. The summed E-state index contributed by atoms with van der Waals surface area (Å²) in [4.78, 5) is 10.6. The summed E-state index contributed by atoms with van der Waals surface area (Å²) in [5.74, 6) is 0.379. The molecule has 0 radical (unpaired) electrons. The lowest BCUT2D eigenvalue weighted by Gasteiger charge is -2.11. The maximum absolute atomic E-state index is 10.6. The molecule has 1 aromatic rings. The molecule has 1 rings (SSSR count). The van der Waals surface area contributed by atoms with E-state index >= 15 is 0 Å². The van der Waals surface area contributed by atoms with Crippen LogP contribution >= 0.6 is 0 Å². The summed E-state index contributed by atoms with van der Waals surface area (Å²) in [7, 11) is 0. The zero-order valence-electron chi connectivity index (χ0n) is 11.3. The highest BCUT2D eigenvalue weighted by molar-refractivity contribution is 5.66. The van der Waals surface area contributed by atoms with Gasteiger partial charge in [-0.1, -0.05) is 19.1 Å². The van der Waals surface area contributed by atoms with E-state index in [1.54, 1.807) is 0 Å². The molecule has 0 bridgehead atoms.